The molecule has 0 aliphatic heterocycles. The van der Waals surface area contributed by atoms with Gasteiger partial charge < -0.3 is 14.4 Å². The molecule has 1 aromatic heterocycles. The third-order valence-electron chi connectivity index (χ3n) is 3.41. The average molecular weight is 336 g/mol. The Morgan fingerprint density at radius 1 is 1.35 bits per heavy atom. The van der Waals surface area contributed by atoms with Gasteiger partial charge in [-0.25, -0.2) is 4.79 Å². The standard InChI is InChI=1S/C15H14BrNO3/c16-12-4-1-5-13(14(12)15(18)19)17(10-6-7-10)9-11-3-2-8-20-11/h1-5,8,10H,6-7,9H2,(H,18,19). The van der Waals surface area contributed by atoms with Gasteiger partial charge in [0.15, 0.2) is 0 Å². The van der Waals surface area contributed by atoms with Crippen LogP contribution in [0.3, 0.4) is 0 Å². The quantitative estimate of drug-likeness (QED) is 0.899. The minimum Gasteiger partial charge on any atom is -0.478 e. The van der Waals surface area contributed by atoms with Crippen LogP contribution in [0.4, 0.5) is 5.69 Å². The van der Waals surface area contributed by atoms with Crippen LogP contribution in [0.1, 0.15) is 29.0 Å². The van der Waals surface area contributed by atoms with Crippen molar-refractivity contribution in [3.63, 3.8) is 0 Å². The lowest BCUT2D eigenvalue weighted by molar-refractivity contribution is 0.0696. The van der Waals surface area contributed by atoms with Gasteiger partial charge in [0.25, 0.3) is 0 Å². The Morgan fingerprint density at radius 2 is 2.15 bits per heavy atom. The van der Waals surface area contributed by atoms with Gasteiger partial charge in [0.1, 0.15) is 5.76 Å². The Labute approximate surface area is 125 Å². The van der Waals surface area contributed by atoms with Gasteiger partial charge in [-0.15, -0.1) is 0 Å². The van der Waals surface area contributed by atoms with Crippen LogP contribution in [-0.4, -0.2) is 17.1 Å². The van der Waals surface area contributed by atoms with E-state index in [9.17, 15) is 9.90 Å². The van der Waals surface area contributed by atoms with E-state index in [0.717, 1.165) is 24.3 Å². The molecule has 0 saturated heterocycles. The smallest absolute Gasteiger partial charge is 0.338 e. The maximum Gasteiger partial charge on any atom is 0.338 e. The summed E-state index contributed by atoms with van der Waals surface area (Å²) in [5.74, 6) is -0.0780. The molecular weight excluding hydrogens is 322 g/mol. The predicted octanol–water partition coefficient (Wildman–Crippen LogP) is 3.91. The number of hydrogen-bond acceptors (Lipinski definition) is 3. The first kappa shape index (κ1) is 13.2. The van der Waals surface area contributed by atoms with Gasteiger partial charge in [0.2, 0.25) is 0 Å². The molecule has 0 spiro atoms. The summed E-state index contributed by atoms with van der Waals surface area (Å²) in [6.07, 6.45) is 3.82. The third kappa shape index (κ3) is 2.58. The summed E-state index contributed by atoms with van der Waals surface area (Å²) in [6, 6.07) is 9.63. The molecule has 0 atom stereocenters. The van der Waals surface area contributed by atoms with Gasteiger partial charge in [0.05, 0.1) is 24.1 Å². The number of benzene rings is 1. The van der Waals surface area contributed by atoms with Crippen LogP contribution in [0.25, 0.3) is 0 Å². The van der Waals surface area contributed by atoms with E-state index in [4.69, 9.17) is 4.42 Å². The van der Waals surface area contributed by atoms with Crippen molar-refractivity contribution in [1.82, 2.24) is 0 Å². The maximum atomic E-state index is 11.5. The zero-order valence-electron chi connectivity index (χ0n) is 10.8. The molecule has 104 valence electrons. The molecule has 1 saturated carbocycles. The number of carbonyl (C=O) groups is 1. The van der Waals surface area contributed by atoms with E-state index in [2.05, 4.69) is 20.8 Å². The minimum absolute atomic E-state index is 0.311. The van der Waals surface area contributed by atoms with Gasteiger partial charge in [-0.3, -0.25) is 0 Å². The normalized spacial score (nSPS) is 14.2. The molecule has 0 radical (unpaired) electrons. The van der Waals surface area contributed by atoms with Gasteiger partial charge in [0, 0.05) is 10.5 Å². The fourth-order valence-electron chi connectivity index (χ4n) is 2.33. The minimum atomic E-state index is -0.919. The van der Waals surface area contributed by atoms with E-state index in [1.807, 2.05) is 24.3 Å². The fraction of sp³-hybridized carbons (Fsp3) is 0.267. The number of anilines is 1. The monoisotopic (exact) mass is 335 g/mol. The predicted molar refractivity (Wildman–Crippen MR) is 79.0 cm³/mol. The third-order valence-corrected chi connectivity index (χ3v) is 4.07. The van der Waals surface area contributed by atoms with Crippen molar-refractivity contribution in [3.05, 3.63) is 52.4 Å². The Bertz CT molecular complexity index is 620. The first-order chi connectivity index (χ1) is 9.66. The van der Waals surface area contributed by atoms with Crippen LogP contribution in [0, 0.1) is 0 Å². The van der Waals surface area contributed by atoms with E-state index >= 15 is 0 Å². The highest BCUT2D eigenvalue weighted by molar-refractivity contribution is 9.10. The van der Waals surface area contributed by atoms with E-state index in [-0.39, 0.29) is 0 Å². The highest BCUT2D eigenvalue weighted by atomic mass is 79.9. The molecule has 0 unspecified atom stereocenters. The van der Waals surface area contributed by atoms with Crippen LogP contribution in [-0.2, 0) is 6.54 Å². The van der Waals surface area contributed by atoms with Crippen LogP contribution in [0.15, 0.2) is 45.5 Å². The SMILES string of the molecule is O=C(O)c1c(Br)cccc1N(Cc1ccco1)C1CC1. The molecule has 1 heterocycles. The Kier molecular flexibility index (Phi) is 3.53. The number of aromatic carboxylic acids is 1. The molecule has 4 nitrogen and oxygen atoms in total. The summed E-state index contributed by atoms with van der Waals surface area (Å²) in [4.78, 5) is 13.6. The zero-order valence-corrected chi connectivity index (χ0v) is 12.3. The fourth-order valence-corrected chi connectivity index (χ4v) is 2.86. The summed E-state index contributed by atoms with van der Waals surface area (Å²) >= 11 is 3.33. The summed E-state index contributed by atoms with van der Waals surface area (Å²) in [5.41, 5.74) is 1.05. The molecule has 1 N–H and O–H groups in total. The Hall–Kier alpha value is -1.75. The van der Waals surface area contributed by atoms with Crippen LogP contribution in [0.5, 0.6) is 0 Å². The number of carboxylic acids is 1. The molecule has 2 aromatic rings. The number of nitrogens with zero attached hydrogens (tertiary/aromatic N) is 1. The number of carboxylic acid groups (broad SMARTS) is 1. The first-order valence-electron chi connectivity index (χ1n) is 6.47. The first-order valence-corrected chi connectivity index (χ1v) is 7.27. The summed E-state index contributed by atoms with van der Waals surface area (Å²) in [6.45, 7) is 0.592. The Morgan fingerprint density at radius 3 is 2.75 bits per heavy atom. The molecule has 1 aromatic carbocycles. The lowest BCUT2D eigenvalue weighted by atomic mass is 10.1. The van der Waals surface area contributed by atoms with Crippen molar-refractivity contribution in [2.45, 2.75) is 25.4 Å². The van der Waals surface area contributed by atoms with Crippen molar-refractivity contribution in [2.75, 3.05) is 4.90 Å². The van der Waals surface area contributed by atoms with Crippen LogP contribution >= 0.6 is 15.9 Å². The summed E-state index contributed by atoms with van der Waals surface area (Å²) < 4.78 is 6.00. The van der Waals surface area contributed by atoms with Gasteiger partial charge in [-0.05, 0) is 53.0 Å². The second kappa shape index (κ2) is 5.32. The highest BCUT2D eigenvalue weighted by Gasteiger charge is 2.32. The molecule has 0 amide bonds. The second-order valence-corrected chi connectivity index (χ2v) is 5.73. The molecule has 1 aliphatic rings. The van der Waals surface area contributed by atoms with Crippen molar-refractivity contribution in [2.24, 2.45) is 0 Å². The number of rotatable bonds is 5. The van der Waals surface area contributed by atoms with E-state index < -0.39 is 5.97 Å². The Balaban J connectivity index is 1.99. The number of hydrogen-bond donors (Lipinski definition) is 1. The van der Waals surface area contributed by atoms with Gasteiger partial charge in [-0.2, -0.15) is 0 Å². The van der Waals surface area contributed by atoms with E-state index in [1.165, 1.54) is 0 Å². The topological polar surface area (TPSA) is 53.7 Å². The molecule has 1 aliphatic carbocycles. The second-order valence-electron chi connectivity index (χ2n) is 4.88. The number of furan rings is 1. The molecule has 20 heavy (non-hydrogen) atoms. The van der Waals surface area contributed by atoms with Crippen LogP contribution in [0.2, 0.25) is 0 Å². The maximum absolute atomic E-state index is 11.5. The van der Waals surface area contributed by atoms with Crippen molar-refractivity contribution < 1.29 is 14.3 Å². The molecule has 1 fully saturated rings. The lowest BCUT2D eigenvalue weighted by Crippen LogP contribution is -2.26. The lowest BCUT2D eigenvalue weighted by Gasteiger charge is -2.25. The summed E-state index contributed by atoms with van der Waals surface area (Å²) in [7, 11) is 0. The average Bonchev–Trinajstić information content (AvgIpc) is 3.12. The summed E-state index contributed by atoms with van der Waals surface area (Å²) in [5, 5.41) is 9.44. The molecule has 3 rings (SSSR count). The molecular formula is C15H14BrNO3. The molecule has 5 heteroatoms. The van der Waals surface area contributed by atoms with E-state index in [1.54, 1.807) is 12.3 Å². The van der Waals surface area contributed by atoms with Crippen molar-refractivity contribution >= 4 is 27.6 Å². The largest absolute Gasteiger partial charge is 0.478 e. The van der Waals surface area contributed by atoms with Crippen molar-refractivity contribution in [3.8, 4) is 0 Å². The number of halogens is 1. The molecule has 0 bridgehead atoms. The zero-order chi connectivity index (χ0) is 14.1. The van der Waals surface area contributed by atoms with E-state index in [0.29, 0.717) is 22.6 Å². The van der Waals surface area contributed by atoms with Gasteiger partial charge in [-0.1, -0.05) is 6.07 Å². The van der Waals surface area contributed by atoms with Crippen LogP contribution < -0.4 is 4.90 Å². The van der Waals surface area contributed by atoms with Crippen molar-refractivity contribution in [1.29, 1.82) is 0 Å². The highest BCUT2D eigenvalue weighted by Crippen LogP contribution is 2.37. The van der Waals surface area contributed by atoms with Gasteiger partial charge >= 0.3 is 5.97 Å².